The summed E-state index contributed by atoms with van der Waals surface area (Å²) < 4.78 is 35.0. The molecule has 0 saturated carbocycles. The van der Waals surface area contributed by atoms with E-state index < -0.39 is 19.1 Å². The Hall–Kier alpha value is 0.433. The molecule has 0 fully saturated rings. The molecule has 1 rings (SSSR count). The van der Waals surface area contributed by atoms with E-state index in [0.717, 1.165) is 12.1 Å². The quantitative estimate of drug-likeness (QED) is 0.395. The van der Waals surface area contributed by atoms with E-state index in [2.05, 4.69) is 0 Å². The third-order valence-corrected chi connectivity index (χ3v) is 3.06. The van der Waals surface area contributed by atoms with Gasteiger partial charge in [0, 0.05) is 0 Å². The smallest absolute Gasteiger partial charge is 4.00 e. The average Bonchev–Trinajstić information content (AvgIpc) is 2.72. The summed E-state index contributed by atoms with van der Waals surface area (Å²) in [5, 5.41) is 0. The molecular weight excluding hydrogens is 482 g/mol. The summed E-state index contributed by atoms with van der Waals surface area (Å²) in [4.78, 5) is 0. The first-order chi connectivity index (χ1) is 8.35. The second-order valence-electron chi connectivity index (χ2n) is 2.73. The zero-order valence-corrected chi connectivity index (χ0v) is 17.3. The molecule has 3 nitrogen and oxygen atoms in total. The van der Waals surface area contributed by atoms with Crippen molar-refractivity contribution in [2.45, 2.75) is 20.8 Å². The molecule has 19 heavy (non-hydrogen) atoms. The molecule has 0 spiro atoms. The van der Waals surface area contributed by atoms with E-state index in [1.54, 1.807) is 20.8 Å². The Kier molecular flexibility index (Phi) is 30.3. The van der Waals surface area contributed by atoms with E-state index >= 15 is 0 Å². The van der Waals surface area contributed by atoms with Crippen molar-refractivity contribution in [2.24, 2.45) is 0 Å². The summed E-state index contributed by atoms with van der Waals surface area (Å²) in [5.41, 5.74) is 18.6. The molecule has 1 aromatic carbocycles. The van der Waals surface area contributed by atoms with Gasteiger partial charge in [0.1, 0.15) is 0 Å². The van der Waals surface area contributed by atoms with Gasteiger partial charge in [0.15, 0.2) is 0 Å². The number of nitrogens with one attached hydrogen (secondary N) is 3. The van der Waals surface area contributed by atoms with Crippen LogP contribution in [0.25, 0.3) is 17.2 Å². The molecule has 0 atom stereocenters. The Morgan fingerprint density at radius 2 is 1.05 bits per heavy atom. The van der Waals surface area contributed by atoms with Gasteiger partial charge in [0.05, 0.1) is 0 Å². The molecule has 8 heteroatoms. The minimum absolute atomic E-state index is 0. The van der Waals surface area contributed by atoms with Gasteiger partial charge in [-0.3, -0.25) is 0 Å². The Balaban J connectivity index is -0.0000000956. The molecule has 0 unspecified atom stereocenters. The minimum Gasteiger partial charge on any atom is 4.00 e. The first-order valence-corrected chi connectivity index (χ1v) is 9.00. The summed E-state index contributed by atoms with van der Waals surface area (Å²) >= 11 is -5.94. The Morgan fingerprint density at radius 3 is 1.16 bits per heavy atom. The molecule has 1 aromatic rings. The van der Waals surface area contributed by atoms with Crippen LogP contribution in [0, 0.1) is 0 Å². The van der Waals surface area contributed by atoms with Crippen LogP contribution in [0.15, 0.2) is 24.3 Å². The van der Waals surface area contributed by atoms with Gasteiger partial charge in [-0.05, 0) is 0 Å². The van der Waals surface area contributed by atoms with Crippen molar-refractivity contribution in [3.05, 3.63) is 41.5 Å². The molecule has 0 aliphatic rings. The second kappa shape index (κ2) is 20.7. The first kappa shape index (κ1) is 27.7. The predicted molar refractivity (Wildman–Crippen MR) is 75.3 cm³/mol. The fraction of sp³-hybridized carbons (Fsp3) is 0.545. The van der Waals surface area contributed by atoms with Gasteiger partial charge in [0.2, 0.25) is 0 Å². The van der Waals surface area contributed by atoms with E-state index in [1.165, 1.54) is 12.1 Å². The van der Waals surface area contributed by atoms with Crippen LogP contribution < -0.4 is 4.40 Å². The van der Waals surface area contributed by atoms with E-state index in [4.69, 9.17) is 17.2 Å². The molecule has 0 aromatic heterocycles. The summed E-state index contributed by atoms with van der Waals surface area (Å²) in [6.45, 7) is 6.88. The monoisotopic (exact) mass is 507 g/mol. The topological polar surface area (TPSA) is 71.4 Å². The van der Waals surface area contributed by atoms with Crippen molar-refractivity contribution in [1.29, 1.82) is 0 Å². The van der Waals surface area contributed by atoms with Crippen LogP contribution in [0.3, 0.4) is 0 Å². The minimum atomic E-state index is -5.94. The number of rotatable bonds is 1. The molecular formula is C11H22F3GeHfN3. The van der Waals surface area contributed by atoms with E-state index in [1.807, 2.05) is 0 Å². The van der Waals surface area contributed by atoms with E-state index in [-0.39, 0.29) is 25.8 Å². The van der Waals surface area contributed by atoms with E-state index in [9.17, 15) is 10.5 Å². The van der Waals surface area contributed by atoms with Crippen LogP contribution in [-0.4, -0.2) is 34.3 Å². The van der Waals surface area contributed by atoms with E-state index in [0.29, 0.717) is 19.6 Å². The van der Waals surface area contributed by atoms with Gasteiger partial charge >= 0.3 is 79.7 Å². The maximum atomic E-state index is 11.8. The van der Waals surface area contributed by atoms with Crippen molar-refractivity contribution < 1.29 is 36.3 Å². The van der Waals surface area contributed by atoms with Gasteiger partial charge in [0.25, 0.3) is 0 Å². The molecule has 110 valence electrons. The Labute approximate surface area is 137 Å². The average molecular weight is 504 g/mol. The molecule has 0 heterocycles. The van der Waals surface area contributed by atoms with Gasteiger partial charge in [-0.25, -0.2) is 0 Å². The fourth-order valence-corrected chi connectivity index (χ4v) is 1.76. The van der Waals surface area contributed by atoms with Gasteiger partial charge in [-0.1, -0.05) is 20.8 Å². The van der Waals surface area contributed by atoms with Crippen molar-refractivity contribution in [2.75, 3.05) is 19.6 Å². The van der Waals surface area contributed by atoms with Gasteiger partial charge in [-0.15, -0.1) is 0 Å². The predicted octanol–water partition coefficient (Wildman–Crippen LogP) is 4.63. The summed E-state index contributed by atoms with van der Waals surface area (Å²) in [5.74, 6) is 0. The van der Waals surface area contributed by atoms with Crippen LogP contribution in [-0.2, 0) is 25.8 Å². The molecule has 0 bridgehead atoms. The molecule has 3 N–H and O–H groups in total. The van der Waals surface area contributed by atoms with Crippen LogP contribution in [0.2, 0.25) is 0 Å². The Bertz CT molecular complexity index is 227. The fourth-order valence-electron chi connectivity index (χ4n) is 0.563. The number of hydrogen-bond acceptors (Lipinski definition) is 0. The van der Waals surface area contributed by atoms with Crippen LogP contribution in [0.5, 0.6) is 0 Å². The normalized spacial score (nSPS) is 8.47. The largest absolute Gasteiger partial charge is 4.00 e. The summed E-state index contributed by atoms with van der Waals surface area (Å²) in [7, 11) is 0. The second-order valence-corrected chi connectivity index (χ2v) is 6.03. The van der Waals surface area contributed by atoms with Crippen molar-refractivity contribution >= 4 is 19.1 Å². The van der Waals surface area contributed by atoms with Crippen LogP contribution in [0.4, 0.5) is 10.5 Å². The Morgan fingerprint density at radius 1 is 0.842 bits per heavy atom. The first-order valence-electron chi connectivity index (χ1n) is 5.58. The summed E-state index contributed by atoms with van der Waals surface area (Å²) in [6.07, 6.45) is 0. The zero-order valence-electron chi connectivity index (χ0n) is 11.6. The molecule has 0 radical (unpaired) electrons. The maximum Gasteiger partial charge on any atom is 4.00 e. The van der Waals surface area contributed by atoms with Crippen molar-refractivity contribution in [3.8, 4) is 0 Å². The maximum absolute atomic E-state index is 11.8. The van der Waals surface area contributed by atoms with Crippen LogP contribution >= 0.6 is 0 Å². The standard InChI is InChI=1S/C5H4F3Ge.3C2H6N.Hf/c6-9(7,8)5-3-1-2-4-5;3*1-2-3;/h1-4H;3*3H,2H2,1H3;/q4*-1;+4. The molecule has 0 aliphatic heterocycles. The van der Waals surface area contributed by atoms with Gasteiger partial charge in [-0.2, -0.15) is 19.6 Å². The molecule has 0 aliphatic carbocycles. The molecule has 0 saturated heterocycles. The number of halogens is 3. The summed E-state index contributed by atoms with van der Waals surface area (Å²) in [6, 6.07) is 5.07. The zero-order chi connectivity index (χ0) is 15.0. The SMILES string of the molecule is CC[NH-].CC[NH-].CC[NH-].[F][Ge]([F])([F])[c-]1cccc1.[Hf+4]. The number of hydrogen-bond donors (Lipinski definition) is 0. The molecule has 0 amide bonds. The van der Waals surface area contributed by atoms with Crippen LogP contribution in [0.1, 0.15) is 20.8 Å². The van der Waals surface area contributed by atoms with Gasteiger partial charge < -0.3 is 17.2 Å². The van der Waals surface area contributed by atoms with Crippen molar-refractivity contribution in [3.63, 3.8) is 0 Å². The van der Waals surface area contributed by atoms with Crippen molar-refractivity contribution in [1.82, 2.24) is 0 Å². The third kappa shape index (κ3) is 27.6. The third-order valence-electron chi connectivity index (χ3n) is 0.990.